The molecule has 0 amide bonds. The fourth-order valence-corrected chi connectivity index (χ4v) is 5.89. The molecular formula is C28H23FN2O4S2. The summed E-state index contributed by atoms with van der Waals surface area (Å²) in [6, 6.07) is 18.2. The van der Waals surface area contributed by atoms with Crippen LogP contribution in [0.2, 0.25) is 0 Å². The van der Waals surface area contributed by atoms with Crippen LogP contribution in [0.1, 0.15) is 23.2 Å². The number of ether oxygens (including phenoxy) is 1. The lowest BCUT2D eigenvalue weighted by Crippen LogP contribution is -1.98. The third-order valence-corrected chi connectivity index (χ3v) is 7.78. The van der Waals surface area contributed by atoms with Gasteiger partial charge in [-0.15, -0.1) is 11.3 Å². The van der Waals surface area contributed by atoms with Gasteiger partial charge in [0, 0.05) is 53.2 Å². The molecule has 0 bridgehead atoms. The minimum absolute atomic E-state index is 0.0484. The number of hydrogen-bond donors (Lipinski definition) is 2. The number of aromatic nitrogens is 2. The van der Waals surface area contributed by atoms with Crippen molar-refractivity contribution < 1.29 is 23.2 Å². The maximum atomic E-state index is 14.9. The number of aryl methyl sites for hydroxylation is 1. The molecule has 0 fully saturated rings. The average Bonchev–Trinajstić information content (AvgIpc) is 3.53. The van der Waals surface area contributed by atoms with Gasteiger partial charge in [0.1, 0.15) is 10.8 Å². The van der Waals surface area contributed by atoms with Crippen molar-refractivity contribution in [1.82, 2.24) is 9.97 Å². The molecule has 2 aromatic heterocycles. The largest absolute Gasteiger partial charge is 0.481 e. The zero-order chi connectivity index (χ0) is 25.9. The minimum atomic E-state index is -1.46. The quantitative estimate of drug-likeness (QED) is 0.223. The highest BCUT2D eigenvalue weighted by atomic mass is 32.2. The van der Waals surface area contributed by atoms with E-state index in [-0.39, 0.29) is 12.2 Å². The molecule has 5 aromatic rings. The van der Waals surface area contributed by atoms with Crippen LogP contribution < -0.4 is 4.74 Å². The number of carbonyl (C=O) groups is 1. The van der Waals surface area contributed by atoms with Crippen molar-refractivity contribution >= 4 is 39.0 Å². The molecule has 0 spiro atoms. The molecule has 0 aliphatic heterocycles. The van der Waals surface area contributed by atoms with E-state index < -0.39 is 22.6 Å². The van der Waals surface area contributed by atoms with Gasteiger partial charge in [-0.25, -0.2) is 9.37 Å². The summed E-state index contributed by atoms with van der Waals surface area (Å²) in [5.41, 5.74) is 4.33. The Bertz CT molecular complexity index is 1630. The van der Waals surface area contributed by atoms with Gasteiger partial charge >= 0.3 is 5.97 Å². The monoisotopic (exact) mass is 534 g/mol. The highest BCUT2D eigenvalue weighted by Gasteiger charge is 2.20. The number of rotatable bonds is 9. The number of benzene rings is 3. The van der Waals surface area contributed by atoms with Crippen LogP contribution in [0.15, 0.2) is 77.1 Å². The Kier molecular flexibility index (Phi) is 7.16. The van der Waals surface area contributed by atoms with Crippen LogP contribution in [-0.2, 0) is 28.4 Å². The summed E-state index contributed by atoms with van der Waals surface area (Å²) in [6.07, 6.45) is 4.40. The standard InChI is InChI=1S/C28H23FN2O4S2/c1-37(34)27-22-10-11-30-24(22)15-23(29)26(27)35-21-7-3-6-19(14-21)28-31-20(16-36-28)13-18-5-2-4-17(12-18)8-9-25(32)33/h2-7,10-12,14-16,30H,8-9,13H2,1H3,(H,32,33). The second kappa shape index (κ2) is 10.7. The van der Waals surface area contributed by atoms with Crippen molar-refractivity contribution in [2.24, 2.45) is 0 Å². The molecule has 5 rings (SSSR count). The summed E-state index contributed by atoms with van der Waals surface area (Å²) >= 11 is 1.50. The molecule has 188 valence electrons. The number of aliphatic carboxylic acids is 1. The summed E-state index contributed by atoms with van der Waals surface area (Å²) in [4.78, 5) is 18.9. The number of thiazole rings is 1. The average molecular weight is 535 g/mol. The predicted molar refractivity (Wildman–Crippen MR) is 143 cm³/mol. The fourth-order valence-electron chi connectivity index (χ4n) is 4.19. The van der Waals surface area contributed by atoms with Crippen LogP contribution in [0, 0.1) is 5.82 Å². The maximum absolute atomic E-state index is 14.9. The lowest BCUT2D eigenvalue weighted by molar-refractivity contribution is -0.136. The number of carboxylic acids is 1. The van der Waals surface area contributed by atoms with E-state index in [0.29, 0.717) is 34.4 Å². The number of fused-ring (bicyclic) bond motifs is 1. The number of halogens is 1. The summed E-state index contributed by atoms with van der Waals surface area (Å²) in [6.45, 7) is 0. The molecule has 6 nitrogen and oxygen atoms in total. The van der Waals surface area contributed by atoms with Gasteiger partial charge < -0.3 is 14.8 Å². The molecule has 0 aliphatic carbocycles. The van der Waals surface area contributed by atoms with Crippen molar-refractivity contribution in [3.8, 4) is 22.1 Å². The highest BCUT2D eigenvalue weighted by molar-refractivity contribution is 7.84. The van der Waals surface area contributed by atoms with Gasteiger partial charge in [0.15, 0.2) is 11.6 Å². The second-order valence-electron chi connectivity index (χ2n) is 8.57. The fraction of sp³-hybridized carbons (Fsp3) is 0.143. The van der Waals surface area contributed by atoms with Crippen LogP contribution in [0.4, 0.5) is 4.39 Å². The van der Waals surface area contributed by atoms with Gasteiger partial charge in [-0.3, -0.25) is 9.00 Å². The van der Waals surface area contributed by atoms with E-state index in [1.807, 2.05) is 41.8 Å². The summed E-state index contributed by atoms with van der Waals surface area (Å²) in [5, 5.41) is 12.4. The van der Waals surface area contributed by atoms with E-state index in [4.69, 9.17) is 14.8 Å². The van der Waals surface area contributed by atoms with Crippen molar-refractivity contribution in [2.45, 2.75) is 24.2 Å². The van der Waals surface area contributed by atoms with Gasteiger partial charge in [0.25, 0.3) is 0 Å². The number of nitrogens with zero attached hydrogens (tertiary/aromatic N) is 1. The maximum Gasteiger partial charge on any atom is 0.303 e. The van der Waals surface area contributed by atoms with Crippen LogP contribution in [0.3, 0.4) is 0 Å². The molecule has 0 saturated carbocycles. The first kappa shape index (κ1) is 24.9. The lowest BCUT2D eigenvalue weighted by Gasteiger charge is -2.12. The van der Waals surface area contributed by atoms with Crippen molar-refractivity contribution in [3.63, 3.8) is 0 Å². The zero-order valence-electron chi connectivity index (χ0n) is 19.9. The first-order chi connectivity index (χ1) is 17.9. The Morgan fingerprint density at radius 2 is 1.95 bits per heavy atom. The van der Waals surface area contributed by atoms with Crippen LogP contribution in [0.25, 0.3) is 21.5 Å². The van der Waals surface area contributed by atoms with E-state index in [9.17, 15) is 13.4 Å². The van der Waals surface area contributed by atoms with E-state index in [1.54, 1.807) is 24.4 Å². The third kappa shape index (κ3) is 5.63. The Morgan fingerprint density at radius 1 is 1.14 bits per heavy atom. The van der Waals surface area contributed by atoms with Gasteiger partial charge in [-0.05, 0) is 35.7 Å². The summed E-state index contributed by atoms with van der Waals surface area (Å²) in [5.74, 6) is -1.03. The molecule has 2 heterocycles. The normalized spacial score (nSPS) is 12.1. The van der Waals surface area contributed by atoms with E-state index in [1.165, 1.54) is 23.7 Å². The Balaban J connectivity index is 1.37. The van der Waals surface area contributed by atoms with Gasteiger partial charge in [0.2, 0.25) is 0 Å². The first-order valence-electron chi connectivity index (χ1n) is 11.5. The van der Waals surface area contributed by atoms with E-state index >= 15 is 0 Å². The molecule has 3 aromatic carbocycles. The molecular weight excluding hydrogens is 511 g/mol. The smallest absolute Gasteiger partial charge is 0.303 e. The molecule has 0 radical (unpaired) electrons. The Hall–Kier alpha value is -3.82. The SMILES string of the molecule is CS(=O)c1c(Oc2cccc(-c3nc(Cc4cccc(CCC(=O)O)c4)cs3)c2)c(F)cc2[nH]ccc12. The van der Waals surface area contributed by atoms with Gasteiger partial charge in [-0.2, -0.15) is 0 Å². The van der Waals surface area contributed by atoms with E-state index in [0.717, 1.165) is 27.4 Å². The van der Waals surface area contributed by atoms with Gasteiger partial charge in [-0.1, -0.05) is 36.4 Å². The Morgan fingerprint density at radius 3 is 2.76 bits per heavy atom. The number of carboxylic acid groups (broad SMARTS) is 1. The zero-order valence-corrected chi connectivity index (χ0v) is 21.5. The molecule has 9 heteroatoms. The first-order valence-corrected chi connectivity index (χ1v) is 14.0. The molecule has 0 saturated heterocycles. The number of H-pyrrole nitrogens is 1. The van der Waals surface area contributed by atoms with Gasteiger partial charge in [0.05, 0.1) is 21.4 Å². The predicted octanol–water partition coefficient (Wildman–Crippen LogP) is 6.57. The number of nitrogens with one attached hydrogen (secondary N) is 1. The summed E-state index contributed by atoms with van der Waals surface area (Å²) in [7, 11) is -1.46. The van der Waals surface area contributed by atoms with Crippen LogP contribution in [-0.4, -0.2) is 31.5 Å². The van der Waals surface area contributed by atoms with Crippen molar-refractivity contribution in [2.75, 3.05) is 6.26 Å². The van der Waals surface area contributed by atoms with E-state index in [2.05, 4.69) is 4.98 Å². The topological polar surface area (TPSA) is 92.3 Å². The van der Waals surface area contributed by atoms with Crippen molar-refractivity contribution in [1.29, 1.82) is 0 Å². The molecule has 0 aliphatic rings. The lowest BCUT2D eigenvalue weighted by atomic mass is 10.0. The molecule has 37 heavy (non-hydrogen) atoms. The number of aromatic amines is 1. The van der Waals surface area contributed by atoms with Crippen LogP contribution >= 0.6 is 11.3 Å². The van der Waals surface area contributed by atoms with Crippen molar-refractivity contribution in [3.05, 3.63) is 94.9 Å². The molecule has 1 unspecified atom stereocenters. The molecule has 1 atom stereocenters. The molecule has 2 N–H and O–H groups in total. The second-order valence-corrected chi connectivity index (χ2v) is 10.7. The third-order valence-electron chi connectivity index (χ3n) is 5.86. The highest BCUT2D eigenvalue weighted by Crippen LogP contribution is 2.37. The van der Waals surface area contributed by atoms with Crippen LogP contribution in [0.5, 0.6) is 11.5 Å². The Labute approximate surface area is 219 Å². The summed E-state index contributed by atoms with van der Waals surface area (Å²) < 4.78 is 33.3. The minimum Gasteiger partial charge on any atom is -0.481 e. The number of hydrogen-bond acceptors (Lipinski definition) is 5.